The van der Waals surface area contributed by atoms with E-state index in [0.29, 0.717) is 6.04 Å². The van der Waals surface area contributed by atoms with Crippen molar-refractivity contribution >= 4 is 0 Å². The molecule has 2 atom stereocenters. The Bertz CT molecular complexity index is 217. The summed E-state index contributed by atoms with van der Waals surface area (Å²) in [4.78, 5) is 2.78. The average Bonchev–Trinajstić information content (AvgIpc) is 2.39. The highest BCUT2D eigenvalue weighted by Crippen LogP contribution is 2.20. The number of rotatable bonds is 8. The second-order valence-electron chi connectivity index (χ2n) is 6.79. The fourth-order valence-corrected chi connectivity index (χ4v) is 3.54. The zero-order chi connectivity index (χ0) is 14.3. The van der Waals surface area contributed by atoms with Gasteiger partial charge in [-0.2, -0.15) is 0 Å². The predicted octanol–water partition coefficient (Wildman–Crippen LogP) is 4.05. The van der Waals surface area contributed by atoms with Gasteiger partial charge in [-0.25, -0.2) is 0 Å². The second-order valence-corrected chi connectivity index (χ2v) is 6.79. The molecule has 0 aliphatic carbocycles. The summed E-state index contributed by atoms with van der Waals surface area (Å²) in [6.45, 7) is 14.3. The Morgan fingerprint density at radius 2 is 1.79 bits per heavy atom. The van der Waals surface area contributed by atoms with Crippen molar-refractivity contribution in [1.29, 1.82) is 0 Å². The Balaban J connectivity index is 2.55. The molecule has 0 bridgehead atoms. The lowest BCUT2D eigenvalue weighted by Gasteiger charge is -2.39. The van der Waals surface area contributed by atoms with Crippen molar-refractivity contribution in [3.63, 3.8) is 0 Å². The van der Waals surface area contributed by atoms with Crippen LogP contribution in [0.5, 0.6) is 0 Å². The quantitative estimate of drug-likeness (QED) is 0.714. The van der Waals surface area contributed by atoms with E-state index in [-0.39, 0.29) is 0 Å². The van der Waals surface area contributed by atoms with Gasteiger partial charge in [-0.15, -0.1) is 0 Å². The predicted molar refractivity (Wildman–Crippen MR) is 85.6 cm³/mol. The highest BCUT2D eigenvalue weighted by molar-refractivity contribution is 4.82. The summed E-state index contributed by atoms with van der Waals surface area (Å²) in [7, 11) is 0. The van der Waals surface area contributed by atoms with Crippen molar-refractivity contribution in [3.8, 4) is 0 Å². The van der Waals surface area contributed by atoms with E-state index in [0.717, 1.165) is 18.0 Å². The maximum absolute atomic E-state index is 3.71. The Morgan fingerprint density at radius 3 is 2.26 bits per heavy atom. The number of piperidine rings is 1. The van der Waals surface area contributed by atoms with Gasteiger partial charge >= 0.3 is 0 Å². The summed E-state index contributed by atoms with van der Waals surface area (Å²) < 4.78 is 0. The Labute approximate surface area is 121 Å². The zero-order valence-electron chi connectivity index (χ0n) is 13.9. The minimum Gasteiger partial charge on any atom is -0.314 e. The van der Waals surface area contributed by atoms with E-state index < -0.39 is 0 Å². The molecule has 2 heteroatoms. The van der Waals surface area contributed by atoms with Gasteiger partial charge in [0.25, 0.3) is 0 Å². The first-order chi connectivity index (χ1) is 9.08. The van der Waals surface area contributed by atoms with Crippen LogP contribution in [0.25, 0.3) is 0 Å². The van der Waals surface area contributed by atoms with Gasteiger partial charge in [0.2, 0.25) is 0 Å². The third kappa shape index (κ3) is 5.83. The largest absolute Gasteiger partial charge is 0.314 e. The molecular weight excluding hydrogens is 232 g/mol. The monoisotopic (exact) mass is 268 g/mol. The van der Waals surface area contributed by atoms with Crippen LogP contribution >= 0.6 is 0 Å². The van der Waals surface area contributed by atoms with Gasteiger partial charge in [0.15, 0.2) is 0 Å². The average molecular weight is 268 g/mol. The molecule has 1 aliphatic heterocycles. The summed E-state index contributed by atoms with van der Waals surface area (Å²) in [5.41, 5.74) is 0. The second kappa shape index (κ2) is 8.97. The van der Waals surface area contributed by atoms with Crippen LogP contribution in [0.15, 0.2) is 0 Å². The van der Waals surface area contributed by atoms with Crippen molar-refractivity contribution in [2.24, 2.45) is 5.92 Å². The molecule has 1 saturated heterocycles. The first-order valence-corrected chi connectivity index (χ1v) is 8.57. The third-order valence-electron chi connectivity index (χ3n) is 4.59. The topological polar surface area (TPSA) is 15.3 Å². The van der Waals surface area contributed by atoms with E-state index in [1.165, 1.54) is 51.6 Å². The summed E-state index contributed by atoms with van der Waals surface area (Å²) in [6, 6.07) is 2.23. The number of nitrogens with zero attached hydrogens (tertiary/aromatic N) is 1. The highest BCUT2D eigenvalue weighted by Gasteiger charge is 2.25. The maximum atomic E-state index is 3.71. The lowest BCUT2D eigenvalue weighted by atomic mass is 9.96. The number of hydrogen-bond acceptors (Lipinski definition) is 2. The molecular formula is C17H36N2. The lowest BCUT2D eigenvalue weighted by Crippen LogP contribution is -2.47. The minimum atomic E-state index is 0.711. The van der Waals surface area contributed by atoms with Crippen molar-refractivity contribution in [1.82, 2.24) is 10.2 Å². The van der Waals surface area contributed by atoms with Gasteiger partial charge in [-0.05, 0) is 51.5 Å². The van der Waals surface area contributed by atoms with Crippen LogP contribution in [0.2, 0.25) is 0 Å². The SMILES string of the molecule is CCC(CC)N(CC(C)C)C(C)CC1CCCCN1. The molecule has 19 heavy (non-hydrogen) atoms. The maximum Gasteiger partial charge on any atom is 0.00929 e. The first-order valence-electron chi connectivity index (χ1n) is 8.57. The van der Waals surface area contributed by atoms with Crippen LogP contribution in [0.1, 0.15) is 73.1 Å². The summed E-state index contributed by atoms with van der Waals surface area (Å²) in [6.07, 6.45) is 8.05. The summed E-state index contributed by atoms with van der Waals surface area (Å²) in [5.74, 6) is 0.766. The molecule has 1 N–H and O–H groups in total. The molecule has 1 fully saturated rings. The Morgan fingerprint density at radius 1 is 1.11 bits per heavy atom. The van der Waals surface area contributed by atoms with E-state index in [1.54, 1.807) is 0 Å². The molecule has 0 aromatic heterocycles. The van der Waals surface area contributed by atoms with E-state index in [2.05, 4.69) is 44.8 Å². The molecule has 0 aromatic rings. The first kappa shape index (κ1) is 17.0. The lowest BCUT2D eigenvalue weighted by molar-refractivity contribution is 0.103. The molecule has 1 rings (SSSR count). The molecule has 0 aromatic carbocycles. The van der Waals surface area contributed by atoms with E-state index >= 15 is 0 Å². The molecule has 2 nitrogen and oxygen atoms in total. The van der Waals surface area contributed by atoms with Crippen molar-refractivity contribution < 1.29 is 0 Å². The molecule has 0 radical (unpaired) electrons. The van der Waals surface area contributed by atoms with Gasteiger partial charge < -0.3 is 5.32 Å². The van der Waals surface area contributed by atoms with Crippen LogP contribution in [0.4, 0.5) is 0 Å². The molecule has 1 heterocycles. The van der Waals surface area contributed by atoms with Crippen LogP contribution in [0, 0.1) is 5.92 Å². The van der Waals surface area contributed by atoms with E-state index in [4.69, 9.17) is 0 Å². The van der Waals surface area contributed by atoms with Gasteiger partial charge in [-0.3, -0.25) is 4.90 Å². The minimum absolute atomic E-state index is 0.711. The normalized spacial score (nSPS) is 22.4. The van der Waals surface area contributed by atoms with Gasteiger partial charge in [0, 0.05) is 24.7 Å². The Kier molecular flexibility index (Phi) is 8.01. The third-order valence-corrected chi connectivity index (χ3v) is 4.59. The van der Waals surface area contributed by atoms with Gasteiger partial charge in [0.1, 0.15) is 0 Å². The van der Waals surface area contributed by atoms with E-state index in [1.807, 2.05) is 0 Å². The fourth-order valence-electron chi connectivity index (χ4n) is 3.54. The van der Waals surface area contributed by atoms with Crippen molar-refractivity contribution in [2.75, 3.05) is 13.1 Å². The molecule has 0 spiro atoms. The smallest absolute Gasteiger partial charge is 0.00929 e. The molecule has 0 amide bonds. The Hall–Kier alpha value is -0.0800. The van der Waals surface area contributed by atoms with Crippen LogP contribution in [-0.2, 0) is 0 Å². The van der Waals surface area contributed by atoms with Crippen LogP contribution < -0.4 is 5.32 Å². The summed E-state index contributed by atoms with van der Waals surface area (Å²) >= 11 is 0. The van der Waals surface area contributed by atoms with Crippen LogP contribution in [0.3, 0.4) is 0 Å². The van der Waals surface area contributed by atoms with Gasteiger partial charge in [0.05, 0.1) is 0 Å². The van der Waals surface area contributed by atoms with Gasteiger partial charge in [-0.1, -0.05) is 34.1 Å². The molecule has 1 aliphatic rings. The fraction of sp³-hybridized carbons (Fsp3) is 1.00. The highest BCUT2D eigenvalue weighted by atomic mass is 15.2. The van der Waals surface area contributed by atoms with Crippen molar-refractivity contribution in [2.45, 2.75) is 91.3 Å². The van der Waals surface area contributed by atoms with Crippen LogP contribution in [-0.4, -0.2) is 36.1 Å². The molecule has 0 saturated carbocycles. The standard InChI is InChI=1S/C17H36N2/c1-6-17(7-2)19(13-14(3)4)15(5)12-16-10-8-9-11-18-16/h14-18H,6-13H2,1-5H3. The zero-order valence-corrected chi connectivity index (χ0v) is 13.9. The van der Waals surface area contributed by atoms with Crippen molar-refractivity contribution in [3.05, 3.63) is 0 Å². The van der Waals surface area contributed by atoms with E-state index in [9.17, 15) is 0 Å². The molecule has 114 valence electrons. The number of hydrogen-bond donors (Lipinski definition) is 1. The molecule has 2 unspecified atom stereocenters. The summed E-state index contributed by atoms with van der Waals surface area (Å²) in [5, 5.41) is 3.71. The number of nitrogens with one attached hydrogen (secondary N) is 1.